The topological polar surface area (TPSA) is 205 Å². The average molecular weight is 632 g/mol. The van der Waals surface area contributed by atoms with Gasteiger partial charge in [-0.2, -0.15) is 0 Å². The molecule has 0 aliphatic rings. The third kappa shape index (κ3) is 6.54. The zero-order valence-corrected chi connectivity index (χ0v) is 25.3. The summed E-state index contributed by atoms with van der Waals surface area (Å²) >= 11 is 0. The highest BCUT2D eigenvalue weighted by Crippen LogP contribution is 2.34. The van der Waals surface area contributed by atoms with Gasteiger partial charge in [-0.25, -0.2) is 17.4 Å². The van der Waals surface area contributed by atoms with Crippen molar-refractivity contribution in [1.82, 2.24) is 13.9 Å². The van der Waals surface area contributed by atoms with Gasteiger partial charge < -0.3 is 30.4 Å². The molecule has 228 valence electrons. The number of pyridine rings is 1. The molecule has 2 heterocycles. The molecule has 0 saturated carbocycles. The molecule has 14 nitrogen and oxygen atoms in total. The van der Waals surface area contributed by atoms with Gasteiger partial charge in [0.15, 0.2) is 24.7 Å². The molecule has 4 N–H and O–H groups in total. The summed E-state index contributed by atoms with van der Waals surface area (Å²) in [6.07, 6.45) is 1.58. The Labute approximate surface area is 249 Å². The number of fused-ring (bicyclic) bond motifs is 1. The molecule has 43 heavy (non-hydrogen) atoms. The maximum absolute atomic E-state index is 14.2. The van der Waals surface area contributed by atoms with Crippen LogP contribution in [-0.2, 0) is 36.2 Å². The summed E-state index contributed by atoms with van der Waals surface area (Å²) < 4.78 is 64.5. The molecule has 1 atom stereocenters. The molecule has 2 aromatic heterocycles. The molecule has 0 aliphatic carbocycles. The summed E-state index contributed by atoms with van der Waals surface area (Å²) in [5, 5.41) is -0.266. The first kappa shape index (κ1) is 31.2. The lowest BCUT2D eigenvalue weighted by Gasteiger charge is -2.15. The fourth-order valence-electron chi connectivity index (χ4n) is 4.21. The minimum atomic E-state index is -4.52. The number of hydrogen-bond donors (Lipinski definition) is 2. The van der Waals surface area contributed by atoms with E-state index in [-0.39, 0.29) is 38.3 Å². The van der Waals surface area contributed by atoms with Crippen LogP contribution in [0.5, 0.6) is 23.0 Å². The Morgan fingerprint density at radius 3 is 2.26 bits per heavy atom. The van der Waals surface area contributed by atoms with Gasteiger partial charge in [-0.1, -0.05) is 0 Å². The van der Waals surface area contributed by atoms with E-state index in [1.54, 1.807) is 19.2 Å². The average Bonchev–Trinajstić information content (AvgIpc) is 3.36. The fraction of sp³-hybridized carbons (Fsp3) is 0.259. The minimum Gasteiger partial charge on any atom is -0.497 e. The van der Waals surface area contributed by atoms with Crippen molar-refractivity contribution >= 4 is 43.7 Å². The fourth-order valence-corrected chi connectivity index (χ4v) is 7.27. The lowest BCUT2D eigenvalue weighted by molar-refractivity contribution is -0.121. The van der Waals surface area contributed by atoms with Crippen LogP contribution in [0.3, 0.4) is 0 Å². The van der Waals surface area contributed by atoms with Gasteiger partial charge in [0.2, 0.25) is 5.16 Å². The zero-order valence-electron chi connectivity index (χ0n) is 23.6. The summed E-state index contributed by atoms with van der Waals surface area (Å²) in [4.78, 5) is 31.1. The first-order valence-electron chi connectivity index (χ1n) is 12.5. The van der Waals surface area contributed by atoms with Crippen LogP contribution in [-0.4, -0.2) is 65.8 Å². The maximum atomic E-state index is 14.2. The molecular weight excluding hydrogens is 602 g/mol. The molecule has 0 fully saturated rings. The number of primary amides is 2. The van der Waals surface area contributed by atoms with Crippen LogP contribution in [0.2, 0.25) is 0 Å². The second-order valence-electron chi connectivity index (χ2n) is 9.17. The van der Waals surface area contributed by atoms with E-state index < -0.39 is 45.9 Å². The molecule has 0 spiro atoms. The summed E-state index contributed by atoms with van der Waals surface area (Å²) in [5.41, 5.74) is 12.6. The van der Waals surface area contributed by atoms with Gasteiger partial charge in [0.05, 0.1) is 52.4 Å². The third-order valence-electron chi connectivity index (χ3n) is 6.21. The largest absolute Gasteiger partial charge is 0.497 e. The zero-order chi connectivity index (χ0) is 31.5. The summed E-state index contributed by atoms with van der Waals surface area (Å²) in [6.45, 7) is 2.45. The highest BCUT2D eigenvalue weighted by molar-refractivity contribution is 7.91. The van der Waals surface area contributed by atoms with Crippen LogP contribution in [0.1, 0.15) is 16.8 Å². The number of methoxy groups -OCH3 is 2. The lowest BCUT2D eigenvalue weighted by Crippen LogP contribution is -2.22. The molecular formula is C27H29N5O9S2. The van der Waals surface area contributed by atoms with Gasteiger partial charge in [-0.05, 0) is 38.1 Å². The van der Waals surface area contributed by atoms with Gasteiger partial charge in [0.25, 0.3) is 21.8 Å². The molecule has 2 aromatic carbocycles. The van der Waals surface area contributed by atoms with Crippen molar-refractivity contribution < 1.29 is 41.2 Å². The monoisotopic (exact) mass is 631 g/mol. The highest BCUT2D eigenvalue weighted by Gasteiger charge is 2.29. The van der Waals surface area contributed by atoms with Gasteiger partial charge in [0.1, 0.15) is 11.5 Å². The second-order valence-corrected chi connectivity index (χ2v) is 12.3. The molecule has 4 aromatic rings. The van der Waals surface area contributed by atoms with E-state index in [2.05, 4.69) is 9.97 Å². The first-order valence-corrected chi connectivity index (χ1v) is 15.3. The van der Waals surface area contributed by atoms with Gasteiger partial charge >= 0.3 is 0 Å². The Morgan fingerprint density at radius 2 is 1.63 bits per heavy atom. The van der Waals surface area contributed by atoms with Crippen LogP contribution in [0.4, 0.5) is 0 Å². The number of ether oxygens (including phenoxy) is 4. The Hall–Kier alpha value is -4.70. The maximum Gasteiger partial charge on any atom is 0.270 e. The molecule has 0 saturated heterocycles. The van der Waals surface area contributed by atoms with E-state index in [1.165, 1.54) is 38.5 Å². The summed E-state index contributed by atoms with van der Waals surface area (Å²) in [7, 11) is -3.57. The molecule has 2 amide bonds. The number of carbonyl (C=O) groups is 2. The Kier molecular flexibility index (Phi) is 9.20. The standard InChI is InChI=1S/C27H29N5O9S2/c1-15-11-30-20(16(2)26(15)39-4)14-42(35)27-31-19-9-17(38-3)5-7-21(19)32(27)43(36,37)18-6-8-22(40-12-24(28)33)23(10-18)41-13-25(29)34/h5-11H,12-14H2,1-4H3,(H2,28,33)(H2,29,34). The van der Waals surface area contributed by atoms with Crippen molar-refractivity contribution in [3.63, 3.8) is 0 Å². The molecule has 16 heteroatoms. The van der Waals surface area contributed by atoms with Gasteiger partial charge in [-0.3, -0.25) is 18.8 Å². The van der Waals surface area contributed by atoms with E-state index in [0.717, 1.165) is 15.6 Å². The van der Waals surface area contributed by atoms with Crippen molar-refractivity contribution in [2.45, 2.75) is 29.7 Å². The van der Waals surface area contributed by atoms with Gasteiger partial charge in [0, 0.05) is 29.5 Å². The number of nitrogens with two attached hydrogens (primary N) is 2. The predicted molar refractivity (Wildman–Crippen MR) is 155 cm³/mol. The predicted octanol–water partition coefficient (Wildman–Crippen LogP) is 1.34. The van der Waals surface area contributed by atoms with Crippen LogP contribution in [0, 0.1) is 13.8 Å². The van der Waals surface area contributed by atoms with E-state index in [4.69, 9.17) is 30.4 Å². The number of hydrogen-bond acceptors (Lipinski definition) is 11. The number of aromatic nitrogens is 3. The van der Waals surface area contributed by atoms with E-state index in [1.807, 2.05) is 6.92 Å². The highest BCUT2D eigenvalue weighted by atomic mass is 32.2. The SMILES string of the molecule is COc1ccc2c(c1)nc(S(=O)Cc1ncc(C)c(OC)c1C)n2S(=O)(=O)c1ccc(OCC(N)=O)c(OCC(N)=O)c1. The Balaban J connectivity index is 1.86. The number of carbonyl (C=O) groups excluding carboxylic acids is 2. The molecule has 0 aliphatic heterocycles. The second kappa shape index (κ2) is 12.7. The normalized spacial score (nSPS) is 12.1. The number of imidazole rings is 1. The number of rotatable bonds is 13. The van der Waals surface area contributed by atoms with Crippen LogP contribution < -0.4 is 30.4 Å². The quantitative estimate of drug-likeness (QED) is 0.215. The Morgan fingerprint density at radius 1 is 0.953 bits per heavy atom. The van der Waals surface area contributed by atoms with Crippen molar-refractivity contribution in [3.8, 4) is 23.0 Å². The number of benzene rings is 2. The van der Waals surface area contributed by atoms with Crippen LogP contribution in [0.25, 0.3) is 11.0 Å². The minimum absolute atomic E-state index is 0.0575. The summed E-state index contributed by atoms with van der Waals surface area (Å²) in [5.74, 6) is -1.05. The number of amides is 2. The molecule has 1 unspecified atom stereocenters. The van der Waals surface area contributed by atoms with Crippen molar-refractivity contribution in [3.05, 3.63) is 59.4 Å². The third-order valence-corrected chi connectivity index (χ3v) is 9.24. The van der Waals surface area contributed by atoms with E-state index >= 15 is 0 Å². The first-order chi connectivity index (χ1) is 20.4. The van der Waals surface area contributed by atoms with Crippen molar-refractivity contribution in [2.75, 3.05) is 27.4 Å². The van der Waals surface area contributed by atoms with Crippen LogP contribution in [0.15, 0.2) is 52.6 Å². The van der Waals surface area contributed by atoms with Crippen LogP contribution >= 0.6 is 0 Å². The molecule has 4 rings (SSSR count). The van der Waals surface area contributed by atoms with Crippen molar-refractivity contribution in [2.24, 2.45) is 11.5 Å². The Bertz CT molecular complexity index is 1860. The van der Waals surface area contributed by atoms with E-state index in [9.17, 15) is 22.2 Å². The molecule has 0 radical (unpaired) electrons. The lowest BCUT2D eigenvalue weighted by atomic mass is 10.1. The van der Waals surface area contributed by atoms with Crippen molar-refractivity contribution in [1.29, 1.82) is 0 Å². The smallest absolute Gasteiger partial charge is 0.270 e. The number of aryl methyl sites for hydroxylation is 1. The number of nitrogens with zero attached hydrogens (tertiary/aromatic N) is 3. The van der Waals surface area contributed by atoms with Gasteiger partial charge in [-0.15, -0.1) is 0 Å². The van der Waals surface area contributed by atoms with E-state index in [0.29, 0.717) is 22.8 Å². The molecule has 0 bridgehead atoms. The summed E-state index contributed by atoms with van der Waals surface area (Å²) in [6, 6.07) is 8.06.